The lowest BCUT2D eigenvalue weighted by atomic mass is 9.81. The van der Waals surface area contributed by atoms with Crippen LogP contribution in [-0.4, -0.2) is 14.6 Å². The van der Waals surface area contributed by atoms with E-state index < -0.39 is 0 Å². The van der Waals surface area contributed by atoms with Crippen LogP contribution in [0.3, 0.4) is 0 Å². The van der Waals surface area contributed by atoms with E-state index in [1.54, 1.807) is 0 Å². The predicted octanol–water partition coefficient (Wildman–Crippen LogP) is 16.2. The Labute approximate surface area is 382 Å². The highest BCUT2D eigenvalue weighted by Gasteiger charge is 2.36. The largest absolute Gasteiger partial charge is 0.455 e. The second-order valence-electron chi connectivity index (χ2n) is 19.4. The first-order valence-electron chi connectivity index (χ1n) is 23.0. The maximum Gasteiger partial charge on any atom is 0.169 e. The highest BCUT2D eigenvalue weighted by Crippen LogP contribution is 2.52. The van der Waals surface area contributed by atoms with Gasteiger partial charge in [0.2, 0.25) is 0 Å². The first kappa shape index (κ1) is 37.3. The van der Waals surface area contributed by atoms with Crippen molar-refractivity contribution in [3.05, 3.63) is 210 Å². The number of hydrogen-bond donors (Lipinski definition) is 0. The van der Waals surface area contributed by atoms with Gasteiger partial charge in [0, 0.05) is 43.5 Å². The van der Waals surface area contributed by atoms with E-state index in [0.29, 0.717) is 0 Å². The van der Waals surface area contributed by atoms with Gasteiger partial charge in [-0.25, -0.2) is 0 Å². The Bertz CT molecular complexity index is 4050. The Hall–Kier alpha value is -8.08. The fourth-order valence-electron chi connectivity index (χ4n) is 11.7. The molecular formula is C62H43N3O. The molecule has 0 aliphatic heterocycles. The van der Waals surface area contributed by atoms with Crippen molar-refractivity contribution in [3.63, 3.8) is 0 Å². The molecule has 0 saturated heterocycles. The second-order valence-corrected chi connectivity index (χ2v) is 19.4. The predicted molar refractivity (Wildman–Crippen MR) is 272 cm³/mol. The van der Waals surface area contributed by atoms with Gasteiger partial charge in [-0.05, 0) is 120 Å². The summed E-state index contributed by atoms with van der Waals surface area (Å²) in [6, 6.07) is 68.9. The average Bonchev–Trinajstić information content (AvgIpc) is 4.09. The van der Waals surface area contributed by atoms with Crippen LogP contribution in [0.1, 0.15) is 49.9 Å². The van der Waals surface area contributed by atoms with Crippen molar-refractivity contribution in [1.29, 1.82) is 0 Å². The van der Waals surface area contributed by atoms with Gasteiger partial charge >= 0.3 is 0 Å². The van der Waals surface area contributed by atoms with Crippen LogP contribution >= 0.6 is 0 Å². The van der Waals surface area contributed by atoms with E-state index in [1.165, 1.54) is 72.0 Å². The van der Waals surface area contributed by atoms with E-state index in [4.69, 9.17) is 14.6 Å². The van der Waals surface area contributed by atoms with Crippen LogP contribution in [0.4, 0.5) is 0 Å². The number of benzene rings is 9. The molecule has 0 unspecified atom stereocenters. The molecule has 0 N–H and O–H groups in total. The summed E-state index contributed by atoms with van der Waals surface area (Å²) < 4.78 is 9.15. The third-order valence-electron chi connectivity index (χ3n) is 15.1. The Kier molecular flexibility index (Phi) is 7.49. The third-order valence-corrected chi connectivity index (χ3v) is 15.1. The highest BCUT2D eigenvalue weighted by atomic mass is 16.3. The monoisotopic (exact) mass is 845 g/mol. The number of furan rings is 1. The summed E-state index contributed by atoms with van der Waals surface area (Å²) in [4.78, 5) is 0. The van der Waals surface area contributed by atoms with E-state index in [0.717, 1.165) is 66.6 Å². The van der Waals surface area contributed by atoms with Gasteiger partial charge in [0.1, 0.15) is 11.2 Å². The molecule has 2 aliphatic rings. The topological polar surface area (TPSA) is 43.3 Å². The van der Waals surface area contributed by atoms with Crippen molar-refractivity contribution in [2.75, 3.05) is 0 Å². The number of nitrogens with zero attached hydrogens (tertiary/aromatic N) is 3. The quantitative estimate of drug-likeness (QED) is 0.166. The van der Waals surface area contributed by atoms with E-state index in [1.807, 2.05) is 0 Å². The molecular weight excluding hydrogens is 803 g/mol. The molecule has 0 atom stereocenters. The van der Waals surface area contributed by atoms with Crippen LogP contribution in [-0.2, 0) is 10.8 Å². The minimum absolute atomic E-state index is 0.0805. The molecule has 0 amide bonds. The molecule has 0 radical (unpaired) electrons. The molecule has 4 nitrogen and oxygen atoms in total. The lowest BCUT2D eigenvalue weighted by molar-refractivity contribution is 0.660. The zero-order chi connectivity index (χ0) is 44.1. The maximum absolute atomic E-state index is 6.94. The van der Waals surface area contributed by atoms with Crippen molar-refractivity contribution in [2.45, 2.75) is 38.5 Å². The van der Waals surface area contributed by atoms with Crippen molar-refractivity contribution in [2.24, 2.45) is 0 Å². The number of fused-ring (bicyclic) bond motifs is 15. The normalized spacial score (nSPS) is 14.3. The molecule has 3 aromatic heterocycles. The van der Waals surface area contributed by atoms with Crippen LogP contribution in [0.2, 0.25) is 0 Å². The van der Waals surface area contributed by atoms with Gasteiger partial charge in [0.25, 0.3) is 0 Å². The number of para-hydroxylation sites is 1. The molecule has 66 heavy (non-hydrogen) atoms. The lowest BCUT2D eigenvalue weighted by Crippen LogP contribution is -2.14. The summed E-state index contributed by atoms with van der Waals surface area (Å²) in [5.41, 5.74) is 22.1. The molecule has 0 spiro atoms. The maximum atomic E-state index is 6.94. The van der Waals surface area contributed by atoms with Crippen LogP contribution < -0.4 is 0 Å². The van der Waals surface area contributed by atoms with Crippen LogP contribution in [0, 0.1) is 0 Å². The molecule has 0 fully saturated rings. The van der Waals surface area contributed by atoms with Gasteiger partial charge in [-0.3, -0.25) is 4.40 Å². The molecule has 14 rings (SSSR count). The summed E-state index contributed by atoms with van der Waals surface area (Å²) in [5.74, 6) is 0.814. The molecule has 2 aliphatic carbocycles. The number of rotatable bonds is 4. The smallest absolute Gasteiger partial charge is 0.169 e. The number of pyridine rings is 1. The number of aromatic nitrogens is 3. The lowest BCUT2D eigenvalue weighted by Gasteiger charge is -2.22. The fourth-order valence-corrected chi connectivity index (χ4v) is 11.7. The Balaban J connectivity index is 0.942. The Morgan fingerprint density at radius 2 is 0.879 bits per heavy atom. The fraction of sp³-hybridized carbons (Fsp3) is 0.0968. The van der Waals surface area contributed by atoms with Crippen molar-refractivity contribution < 1.29 is 4.42 Å². The Morgan fingerprint density at radius 3 is 1.58 bits per heavy atom. The van der Waals surface area contributed by atoms with Crippen molar-refractivity contribution in [1.82, 2.24) is 14.6 Å². The van der Waals surface area contributed by atoms with E-state index in [9.17, 15) is 0 Å². The van der Waals surface area contributed by atoms with E-state index in [2.05, 4.69) is 220 Å². The molecule has 9 aromatic carbocycles. The van der Waals surface area contributed by atoms with E-state index >= 15 is 0 Å². The van der Waals surface area contributed by atoms with Crippen LogP contribution in [0.25, 0.3) is 116 Å². The summed E-state index contributed by atoms with van der Waals surface area (Å²) in [6.07, 6.45) is 0. The number of hydrogen-bond acceptors (Lipinski definition) is 3. The molecule has 12 aromatic rings. The first-order chi connectivity index (χ1) is 32.2. The van der Waals surface area contributed by atoms with Crippen LogP contribution in [0.15, 0.2) is 192 Å². The third kappa shape index (κ3) is 5.10. The van der Waals surface area contributed by atoms with Gasteiger partial charge in [-0.15, -0.1) is 10.2 Å². The summed E-state index contributed by atoms with van der Waals surface area (Å²) in [5, 5.41) is 15.2. The summed E-state index contributed by atoms with van der Waals surface area (Å²) >= 11 is 0. The van der Waals surface area contributed by atoms with E-state index in [-0.39, 0.29) is 10.8 Å². The molecule has 0 saturated carbocycles. The minimum atomic E-state index is -0.114. The zero-order valence-electron chi connectivity index (χ0n) is 37.1. The summed E-state index contributed by atoms with van der Waals surface area (Å²) in [6.45, 7) is 9.40. The first-order valence-corrected chi connectivity index (χ1v) is 23.0. The standard InChI is InChI=1S/C62H43N3O/c1-61(2)52-18-10-7-14-43(52)45-28-25-39(34-54(45)61)38-27-30-57-50(31-38)51-33-41(40-26-29-46-44-15-8-11-19-53(44)62(3,4)55(46)35-40)32-49(58(51)66-57)36-21-23-37(24-22-36)59-63-64-60-48-17-6-5-13-42(48)47-16-9-12-20-56(47)65(59)60/h5-35H,1-4H3. The van der Waals surface area contributed by atoms with Gasteiger partial charge in [0.05, 0.1) is 5.52 Å². The molecule has 3 heterocycles. The highest BCUT2D eigenvalue weighted by molar-refractivity contribution is 6.13. The zero-order valence-corrected chi connectivity index (χ0v) is 37.1. The van der Waals surface area contributed by atoms with Gasteiger partial charge in [-0.1, -0.05) is 173 Å². The van der Waals surface area contributed by atoms with Gasteiger partial charge in [-0.2, -0.15) is 0 Å². The van der Waals surface area contributed by atoms with Crippen molar-refractivity contribution >= 4 is 49.3 Å². The average molecular weight is 846 g/mol. The second kappa shape index (κ2) is 13.2. The SMILES string of the molecule is CC1(C)c2ccccc2-c2ccc(-c3ccc4oc5c(-c6ccc(-c7nnc8c9ccccc9c9ccccc9n78)cc6)cc(-c6ccc7c(c6)C(C)(C)c6ccccc6-7)cc5c4c3)cc21. The molecule has 4 heteroatoms. The van der Waals surface area contributed by atoms with Crippen LogP contribution in [0.5, 0.6) is 0 Å². The van der Waals surface area contributed by atoms with Crippen molar-refractivity contribution in [3.8, 4) is 67.0 Å². The van der Waals surface area contributed by atoms with Gasteiger partial charge in [0.15, 0.2) is 11.5 Å². The van der Waals surface area contributed by atoms with Gasteiger partial charge < -0.3 is 4.42 Å². The molecule has 0 bridgehead atoms. The Morgan fingerprint density at radius 1 is 0.364 bits per heavy atom. The summed E-state index contributed by atoms with van der Waals surface area (Å²) in [7, 11) is 0. The minimum Gasteiger partial charge on any atom is -0.455 e. The molecule has 312 valence electrons.